The number of rotatable bonds is 2. The molecule has 3 heteroatoms. The number of aliphatic hydroxyl groups excluding tert-OH is 1. The first-order chi connectivity index (χ1) is 6.00. The molecule has 3 N–H and O–H groups in total. The summed E-state index contributed by atoms with van der Waals surface area (Å²) < 4.78 is 0. The van der Waals surface area contributed by atoms with Crippen LogP contribution in [-0.2, 0) is 0 Å². The third kappa shape index (κ3) is 2.69. The molecule has 0 aliphatic rings. The van der Waals surface area contributed by atoms with Gasteiger partial charge in [0.25, 0.3) is 0 Å². The summed E-state index contributed by atoms with van der Waals surface area (Å²) in [5.74, 6) is 0. The van der Waals surface area contributed by atoms with Crippen LogP contribution in [0.25, 0.3) is 0 Å². The quantitative estimate of drug-likeness (QED) is 0.766. The Kier molecular flexibility index (Phi) is 3.31. The molecule has 2 nitrogen and oxygen atoms in total. The molecule has 0 heterocycles. The van der Waals surface area contributed by atoms with Gasteiger partial charge in [-0.3, -0.25) is 0 Å². The second kappa shape index (κ2) is 4.09. The van der Waals surface area contributed by atoms with Crippen LogP contribution in [-0.4, -0.2) is 11.1 Å². The van der Waals surface area contributed by atoms with E-state index in [4.69, 9.17) is 17.3 Å². The molecule has 0 unspecified atom stereocenters. The van der Waals surface area contributed by atoms with E-state index in [0.717, 1.165) is 11.1 Å². The first-order valence-corrected chi connectivity index (χ1v) is 4.59. The van der Waals surface area contributed by atoms with Crippen molar-refractivity contribution in [3.05, 3.63) is 34.3 Å². The summed E-state index contributed by atoms with van der Waals surface area (Å²) in [6.07, 6.45) is -0.641. The Balaban J connectivity index is 3.01. The van der Waals surface area contributed by atoms with Crippen LogP contribution in [0.2, 0.25) is 5.02 Å². The third-order valence-electron chi connectivity index (χ3n) is 1.90. The lowest BCUT2D eigenvalue weighted by atomic mass is 10.0. The molecule has 1 rings (SSSR count). The SMILES string of the molecule is Cc1cc(Cl)cc([C@@H](O)[C@H](C)N)c1. The van der Waals surface area contributed by atoms with Gasteiger partial charge in [-0.1, -0.05) is 17.7 Å². The molecule has 72 valence electrons. The van der Waals surface area contributed by atoms with Crippen LogP contribution in [0.3, 0.4) is 0 Å². The zero-order chi connectivity index (χ0) is 10.0. The van der Waals surface area contributed by atoms with E-state index in [2.05, 4.69) is 0 Å². The van der Waals surface area contributed by atoms with Gasteiger partial charge in [-0.15, -0.1) is 0 Å². The summed E-state index contributed by atoms with van der Waals surface area (Å²) in [6, 6.07) is 5.19. The van der Waals surface area contributed by atoms with Crippen molar-refractivity contribution in [2.24, 2.45) is 5.73 Å². The fourth-order valence-corrected chi connectivity index (χ4v) is 1.54. The Morgan fingerprint density at radius 2 is 2.00 bits per heavy atom. The molecule has 0 aromatic heterocycles. The number of hydrogen-bond acceptors (Lipinski definition) is 2. The highest BCUT2D eigenvalue weighted by molar-refractivity contribution is 6.30. The number of halogens is 1. The van der Waals surface area contributed by atoms with E-state index >= 15 is 0 Å². The van der Waals surface area contributed by atoms with Gasteiger partial charge in [0, 0.05) is 11.1 Å². The maximum Gasteiger partial charge on any atom is 0.0938 e. The van der Waals surface area contributed by atoms with Gasteiger partial charge >= 0.3 is 0 Å². The van der Waals surface area contributed by atoms with Gasteiger partial charge in [0.2, 0.25) is 0 Å². The lowest BCUT2D eigenvalue weighted by Gasteiger charge is -2.15. The van der Waals surface area contributed by atoms with Crippen molar-refractivity contribution in [1.82, 2.24) is 0 Å². The van der Waals surface area contributed by atoms with E-state index in [0.29, 0.717) is 5.02 Å². The highest BCUT2D eigenvalue weighted by Gasteiger charge is 2.12. The molecule has 0 aliphatic carbocycles. The van der Waals surface area contributed by atoms with Crippen molar-refractivity contribution in [1.29, 1.82) is 0 Å². The predicted octanol–water partition coefficient (Wildman–Crippen LogP) is 2.03. The molecule has 0 aliphatic heterocycles. The highest BCUT2D eigenvalue weighted by atomic mass is 35.5. The first kappa shape index (κ1) is 10.5. The number of nitrogens with two attached hydrogens (primary N) is 1. The summed E-state index contributed by atoms with van der Waals surface area (Å²) in [4.78, 5) is 0. The van der Waals surface area contributed by atoms with Crippen molar-refractivity contribution in [2.45, 2.75) is 26.0 Å². The van der Waals surface area contributed by atoms with E-state index < -0.39 is 6.10 Å². The topological polar surface area (TPSA) is 46.2 Å². The van der Waals surface area contributed by atoms with Gasteiger partial charge in [0.1, 0.15) is 0 Å². The van der Waals surface area contributed by atoms with Crippen LogP contribution < -0.4 is 5.73 Å². The molecule has 0 bridgehead atoms. The Hall–Kier alpha value is -0.570. The zero-order valence-electron chi connectivity index (χ0n) is 7.79. The summed E-state index contributed by atoms with van der Waals surface area (Å²) >= 11 is 5.85. The van der Waals surface area contributed by atoms with E-state index in [1.165, 1.54) is 0 Å². The number of aliphatic hydroxyl groups is 1. The van der Waals surface area contributed by atoms with Crippen molar-refractivity contribution >= 4 is 11.6 Å². The van der Waals surface area contributed by atoms with Gasteiger partial charge in [-0.05, 0) is 37.1 Å². The summed E-state index contributed by atoms with van der Waals surface area (Å²) in [5, 5.41) is 10.3. The van der Waals surface area contributed by atoms with Crippen LogP contribution in [0, 0.1) is 6.92 Å². The molecule has 0 fully saturated rings. The van der Waals surface area contributed by atoms with Crippen LogP contribution >= 0.6 is 11.6 Å². The van der Waals surface area contributed by atoms with Gasteiger partial charge in [0.05, 0.1) is 6.10 Å². The van der Waals surface area contributed by atoms with Gasteiger partial charge in [-0.25, -0.2) is 0 Å². The molecular weight excluding hydrogens is 186 g/mol. The molecule has 1 aromatic carbocycles. The lowest BCUT2D eigenvalue weighted by Crippen LogP contribution is -2.24. The smallest absolute Gasteiger partial charge is 0.0938 e. The third-order valence-corrected chi connectivity index (χ3v) is 2.12. The molecule has 0 saturated heterocycles. The van der Waals surface area contributed by atoms with Gasteiger partial charge in [-0.2, -0.15) is 0 Å². The van der Waals surface area contributed by atoms with Crippen molar-refractivity contribution in [2.75, 3.05) is 0 Å². The van der Waals surface area contributed by atoms with Crippen molar-refractivity contribution in [3.8, 4) is 0 Å². The molecule has 0 saturated carbocycles. The summed E-state index contributed by atoms with van der Waals surface area (Å²) in [5.41, 5.74) is 7.38. The normalized spacial score (nSPS) is 15.5. The maximum atomic E-state index is 9.66. The Morgan fingerprint density at radius 3 is 2.46 bits per heavy atom. The maximum absolute atomic E-state index is 9.66. The second-order valence-electron chi connectivity index (χ2n) is 3.37. The molecule has 13 heavy (non-hydrogen) atoms. The molecular formula is C10H14ClNO. The zero-order valence-corrected chi connectivity index (χ0v) is 8.55. The Labute approximate surface area is 83.3 Å². The highest BCUT2D eigenvalue weighted by Crippen LogP contribution is 2.21. The average Bonchev–Trinajstić information content (AvgIpc) is 2.01. The first-order valence-electron chi connectivity index (χ1n) is 4.21. The van der Waals surface area contributed by atoms with E-state index in [9.17, 15) is 5.11 Å². The minimum atomic E-state index is -0.641. The van der Waals surface area contributed by atoms with Crippen molar-refractivity contribution in [3.63, 3.8) is 0 Å². The fraction of sp³-hybridized carbons (Fsp3) is 0.400. The second-order valence-corrected chi connectivity index (χ2v) is 3.80. The molecule has 0 amide bonds. The van der Waals surface area contributed by atoms with Crippen LogP contribution in [0.15, 0.2) is 18.2 Å². The predicted molar refractivity (Wildman–Crippen MR) is 54.8 cm³/mol. The van der Waals surface area contributed by atoms with Gasteiger partial charge in [0.15, 0.2) is 0 Å². The van der Waals surface area contributed by atoms with E-state index in [1.54, 1.807) is 13.0 Å². The summed E-state index contributed by atoms with van der Waals surface area (Å²) in [6.45, 7) is 3.70. The van der Waals surface area contributed by atoms with Crippen LogP contribution in [0.4, 0.5) is 0 Å². The molecule has 1 aromatic rings. The van der Waals surface area contributed by atoms with E-state index in [-0.39, 0.29) is 6.04 Å². The van der Waals surface area contributed by atoms with E-state index in [1.807, 2.05) is 19.1 Å². The Morgan fingerprint density at radius 1 is 1.38 bits per heavy atom. The van der Waals surface area contributed by atoms with Crippen molar-refractivity contribution < 1.29 is 5.11 Å². The Bertz CT molecular complexity index is 279. The monoisotopic (exact) mass is 199 g/mol. The fourth-order valence-electron chi connectivity index (χ4n) is 1.24. The van der Waals surface area contributed by atoms with Crippen LogP contribution in [0.1, 0.15) is 24.2 Å². The largest absolute Gasteiger partial charge is 0.387 e. The minimum Gasteiger partial charge on any atom is -0.387 e. The number of aryl methyl sites for hydroxylation is 1. The average molecular weight is 200 g/mol. The molecule has 0 radical (unpaired) electrons. The number of benzene rings is 1. The lowest BCUT2D eigenvalue weighted by molar-refractivity contribution is 0.153. The van der Waals surface area contributed by atoms with Crippen LogP contribution in [0.5, 0.6) is 0 Å². The summed E-state index contributed by atoms with van der Waals surface area (Å²) in [7, 11) is 0. The standard InChI is InChI=1S/C10H14ClNO/c1-6-3-8(5-9(11)4-6)10(13)7(2)12/h3-5,7,10,13H,12H2,1-2H3/t7-,10-/m0/s1. The number of hydrogen-bond donors (Lipinski definition) is 2. The van der Waals surface area contributed by atoms with Gasteiger partial charge < -0.3 is 10.8 Å². The molecule has 0 spiro atoms. The minimum absolute atomic E-state index is 0.280. The molecule has 2 atom stereocenters.